The fourth-order valence-corrected chi connectivity index (χ4v) is 4.00. The minimum atomic E-state index is -3.11. The van der Waals surface area contributed by atoms with Crippen LogP contribution in [0.4, 0.5) is 0 Å². The van der Waals surface area contributed by atoms with E-state index in [2.05, 4.69) is 10.1 Å². The lowest BCUT2D eigenvalue weighted by Gasteiger charge is -2.02. The summed E-state index contributed by atoms with van der Waals surface area (Å²) in [4.78, 5) is 14.9. The smallest absolute Gasteiger partial charge is 0.169 e. The van der Waals surface area contributed by atoms with Crippen molar-refractivity contribution < 1.29 is 13.2 Å². The van der Waals surface area contributed by atoms with Crippen LogP contribution < -0.4 is 0 Å². The Hall–Kier alpha value is -1.76. The molecule has 3 rings (SSSR count). The van der Waals surface area contributed by atoms with Crippen LogP contribution in [-0.2, 0) is 9.84 Å². The summed E-state index contributed by atoms with van der Waals surface area (Å²) in [7, 11) is -3.11. The molecule has 1 aliphatic rings. The fraction of sp³-hybridized carbons (Fsp3) is 0.364. The van der Waals surface area contributed by atoms with Crippen molar-refractivity contribution in [3.05, 3.63) is 29.7 Å². The van der Waals surface area contributed by atoms with Gasteiger partial charge in [0.15, 0.2) is 27.6 Å². The third-order valence-corrected chi connectivity index (χ3v) is 5.29. The summed E-state index contributed by atoms with van der Waals surface area (Å²) in [5.74, 6) is 0.530. The molecule has 0 aliphatic carbocycles. The maximum atomic E-state index is 11.8. The Bertz CT molecular complexity index is 720. The topological polar surface area (TPSA) is 81.4 Å². The molecule has 1 atom stereocenters. The van der Waals surface area contributed by atoms with Crippen LogP contribution in [0.5, 0.6) is 0 Å². The molecule has 0 aromatic carbocycles. The third kappa shape index (κ3) is 1.71. The molecule has 3 heterocycles. The predicted octanol–water partition coefficient (Wildman–Crippen LogP) is 0.792. The van der Waals surface area contributed by atoms with Gasteiger partial charge in [-0.05, 0) is 25.0 Å². The van der Waals surface area contributed by atoms with Crippen molar-refractivity contribution in [3.63, 3.8) is 0 Å². The van der Waals surface area contributed by atoms with Gasteiger partial charge in [0.1, 0.15) is 5.25 Å². The molecular weight excluding hydrogens is 254 g/mol. The number of carbonyl (C=O) groups excluding carboxylic acids is 1. The highest BCUT2D eigenvalue weighted by molar-refractivity contribution is 7.91. The van der Waals surface area contributed by atoms with Crippen molar-refractivity contribution in [3.8, 4) is 0 Å². The first-order chi connectivity index (χ1) is 8.60. The van der Waals surface area contributed by atoms with E-state index in [-0.39, 0.29) is 5.75 Å². The van der Waals surface area contributed by atoms with E-state index in [9.17, 15) is 13.2 Å². The van der Waals surface area contributed by atoms with Crippen molar-refractivity contribution in [1.29, 1.82) is 0 Å². The molecule has 1 aliphatic heterocycles. The van der Waals surface area contributed by atoms with E-state index in [1.54, 1.807) is 18.3 Å². The molecule has 2 aromatic heterocycles. The van der Waals surface area contributed by atoms with Gasteiger partial charge in [-0.3, -0.25) is 4.79 Å². The van der Waals surface area contributed by atoms with Crippen molar-refractivity contribution in [2.45, 2.75) is 18.1 Å². The molecule has 1 saturated heterocycles. The lowest BCUT2D eigenvalue weighted by molar-refractivity contribution is 0.112. The van der Waals surface area contributed by atoms with Crippen LogP contribution in [0.15, 0.2) is 18.3 Å². The first kappa shape index (κ1) is 11.3. The summed E-state index contributed by atoms with van der Waals surface area (Å²) >= 11 is 0. The molecule has 7 heteroatoms. The quantitative estimate of drug-likeness (QED) is 0.750. The second kappa shape index (κ2) is 3.88. The number of pyridine rings is 1. The zero-order valence-electron chi connectivity index (χ0n) is 9.48. The highest BCUT2D eigenvalue weighted by Crippen LogP contribution is 2.32. The van der Waals surface area contributed by atoms with Crippen molar-refractivity contribution in [2.75, 3.05) is 5.75 Å². The third-order valence-electron chi connectivity index (χ3n) is 3.12. The summed E-state index contributed by atoms with van der Waals surface area (Å²) in [5.41, 5.74) is 1.03. The number of rotatable bonds is 2. The number of hydrogen-bond acceptors (Lipinski definition) is 5. The largest absolute Gasteiger partial charge is 0.298 e. The highest BCUT2D eigenvalue weighted by Gasteiger charge is 2.35. The van der Waals surface area contributed by atoms with Gasteiger partial charge in [-0.15, -0.1) is 5.10 Å². The molecule has 0 spiro atoms. The second-order valence-corrected chi connectivity index (χ2v) is 6.65. The zero-order chi connectivity index (χ0) is 12.8. The van der Waals surface area contributed by atoms with Crippen molar-refractivity contribution in [2.24, 2.45) is 0 Å². The van der Waals surface area contributed by atoms with E-state index in [4.69, 9.17) is 0 Å². The summed E-state index contributed by atoms with van der Waals surface area (Å²) in [6.45, 7) is 0. The van der Waals surface area contributed by atoms with Crippen LogP contribution in [0.2, 0.25) is 0 Å². The SMILES string of the molecule is O=Cc1ccc2nc(C3CCCS3(=O)=O)nn2c1. The van der Waals surface area contributed by atoms with Gasteiger partial charge in [0.05, 0.1) is 5.75 Å². The Morgan fingerprint density at radius 3 is 2.89 bits per heavy atom. The van der Waals surface area contributed by atoms with E-state index < -0.39 is 15.1 Å². The van der Waals surface area contributed by atoms with Gasteiger partial charge in [-0.25, -0.2) is 17.9 Å². The normalized spacial score (nSPS) is 22.3. The van der Waals surface area contributed by atoms with E-state index >= 15 is 0 Å². The average Bonchev–Trinajstić information content (AvgIpc) is 2.90. The Labute approximate surface area is 104 Å². The molecule has 0 saturated carbocycles. The molecule has 0 radical (unpaired) electrons. The van der Waals surface area contributed by atoms with Gasteiger partial charge >= 0.3 is 0 Å². The van der Waals surface area contributed by atoms with Gasteiger partial charge in [-0.2, -0.15) is 0 Å². The van der Waals surface area contributed by atoms with Gasteiger partial charge < -0.3 is 0 Å². The Balaban J connectivity index is 2.11. The minimum absolute atomic E-state index is 0.201. The Kier molecular flexibility index (Phi) is 2.44. The molecule has 1 unspecified atom stereocenters. The maximum absolute atomic E-state index is 11.8. The molecule has 1 fully saturated rings. The molecule has 0 amide bonds. The average molecular weight is 265 g/mol. The molecule has 0 bridgehead atoms. The number of fused-ring (bicyclic) bond motifs is 1. The van der Waals surface area contributed by atoms with Gasteiger partial charge in [0.2, 0.25) is 0 Å². The summed E-state index contributed by atoms with van der Waals surface area (Å²) in [6.07, 6.45) is 3.48. The predicted molar refractivity (Wildman–Crippen MR) is 64.1 cm³/mol. The number of carbonyl (C=O) groups is 1. The Morgan fingerprint density at radius 1 is 1.39 bits per heavy atom. The molecule has 0 N–H and O–H groups in total. The van der Waals surface area contributed by atoms with Crippen LogP contribution >= 0.6 is 0 Å². The molecule has 94 valence electrons. The number of aromatic nitrogens is 3. The Morgan fingerprint density at radius 2 is 2.22 bits per heavy atom. The number of aldehydes is 1. The molecule has 6 nitrogen and oxygen atoms in total. The van der Waals surface area contributed by atoms with Gasteiger partial charge in [-0.1, -0.05) is 0 Å². The lowest BCUT2D eigenvalue weighted by atomic mass is 10.2. The standard InChI is InChI=1S/C11H11N3O3S/c15-7-8-3-4-10-12-11(13-14(10)6-8)9-2-1-5-18(9,16)17/h3-4,6-7,9H,1-2,5H2. The minimum Gasteiger partial charge on any atom is -0.298 e. The molecule has 18 heavy (non-hydrogen) atoms. The van der Waals surface area contributed by atoms with Crippen molar-refractivity contribution in [1.82, 2.24) is 14.6 Å². The first-order valence-corrected chi connectivity index (χ1v) is 7.35. The summed E-state index contributed by atoms with van der Waals surface area (Å²) < 4.78 is 25.1. The van der Waals surface area contributed by atoms with E-state index in [0.717, 1.165) is 0 Å². The number of sulfone groups is 1. The number of nitrogens with zero attached hydrogens (tertiary/aromatic N) is 3. The number of hydrogen-bond donors (Lipinski definition) is 0. The zero-order valence-corrected chi connectivity index (χ0v) is 10.3. The fourth-order valence-electron chi connectivity index (χ4n) is 2.20. The molecule has 2 aromatic rings. The monoisotopic (exact) mass is 265 g/mol. The lowest BCUT2D eigenvalue weighted by Crippen LogP contribution is -2.09. The first-order valence-electron chi connectivity index (χ1n) is 5.63. The summed E-state index contributed by atoms with van der Waals surface area (Å²) in [6, 6.07) is 3.28. The van der Waals surface area contributed by atoms with Crippen LogP contribution in [0, 0.1) is 0 Å². The van der Waals surface area contributed by atoms with Gasteiger partial charge in [0, 0.05) is 11.8 Å². The summed E-state index contributed by atoms with van der Waals surface area (Å²) in [5, 5.41) is 3.57. The van der Waals surface area contributed by atoms with Crippen LogP contribution in [0.1, 0.15) is 34.3 Å². The maximum Gasteiger partial charge on any atom is 0.169 e. The van der Waals surface area contributed by atoms with E-state index in [1.807, 2.05) is 0 Å². The van der Waals surface area contributed by atoms with Crippen LogP contribution in [0.25, 0.3) is 5.65 Å². The molecular formula is C11H11N3O3S. The van der Waals surface area contributed by atoms with Gasteiger partial charge in [0.25, 0.3) is 0 Å². The van der Waals surface area contributed by atoms with Crippen LogP contribution in [-0.4, -0.2) is 35.1 Å². The second-order valence-electron chi connectivity index (χ2n) is 4.35. The van der Waals surface area contributed by atoms with E-state index in [1.165, 1.54) is 4.52 Å². The highest BCUT2D eigenvalue weighted by atomic mass is 32.2. The van der Waals surface area contributed by atoms with Crippen molar-refractivity contribution >= 4 is 21.8 Å². The van der Waals surface area contributed by atoms with E-state index in [0.29, 0.717) is 36.2 Å². The van der Waals surface area contributed by atoms with Crippen LogP contribution in [0.3, 0.4) is 0 Å².